The topological polar surface area (TPSA) is 0 Å². The third-order valence-corrected chi connectivity index (χ3v) is 311. The van der Waals surface area contributed by atoms with Crippen molar-refractivity contribution in [1.82, 2.24) is 0 Å². The van der Waals surface area contributed by atoms with Crippen molar-refractivity contribution in [3.8, 4) is 0 Å². The summed E-state index contributed by atoms with van der Waals surface area (Å²) >= 11 is 1.27. The van der Waals surface area contributed by atoms with Crippen molar-refractivity contribution >= 4 is 86.0 Å². The van der Waals surface area contributed by atoms with Crippen LogP contribution in [-0.4, -0.2) is 80.8 Å². The molecule has 0 N–H and O–H groups in total. The molecule has 1 aromatic carbocycles. The maximum absolute atomic E-state index is 3.01. The molecule has 0 unspecified atom stereocenters. The van der Waals surface area contributed by atoms with Gasteiger partial charge in [-0.3, -0.25) is 0 Å². The molecular weight excluding hydrogens is 679 g/mol. The van der Waals surface area contributed by atoms with Gasteiger partial charge < -0.3 is 0 Å². The van der Waals surface area contributed by atoms with Crippen LogP contribution in [0.2, 0.25) is 45.8 Å². The van der Waals surface area contributed by atoms with Crippen LogP contribution >= 0.6 is 0 Å². The molecule has 0 aromatic heterocycles. The van der Waals surface area contributed by atoms with E-state index in [4.69, 9.17) is 0 Å². The van der Waals surface area contributed by atoms with Crippen molar-refractivity contribution in [3.63, 3.8) is 0 Å². The van der Waals surface area contributed by atoms with Gasteiger partial charge in [0.05, 0.1) is 0 Å². The van der Waals surface area contributed by atoms with Crippen molar-refractivity contribution < 1.29 is 0 Å². The number of benzene rings is 1. The zero-order valence-corrected chi connectivity index (χ0v) is 26.1. The molecule has 3 fully saturated rings. The van der Waals surface area contributed by atoms with Crippen LogP contribution in [0.5, 0.6) is 0 Å². The van der Waals surface area contributed by atoms with Gasteiger partial charge in [-0.1, -0.05) is 0 Å². The molecule has 3 aliphatic heterocycles. The van der Waals surface area contributed by atoms with Crippen LogP contribution in [0.1, 0.15) is 0 Å². The van der Waals surface area contributed by atoms with Crippen LogP contribution in [0.3, 0.4) is 0 Å². The number of fused-ring (bicyclic) bond motifs is 3. The van der Waals surface area contributed by atoms with E-state index in [0.717, 1.165) is 0 Å². The molecule has 0 spiro atoms. The molecule has 0 amide bonds. The average Bonchev–Trinajstić information content (AvgIpc) is 2.33. The van der Waals surface area contributed by atoms with E-state index in [-0.39, 0.29) is 0 Å². The molecule has 0 aliphatic carbocycles. The average molecular weight is 706 g/mol. The van der Waals surface area contributed by atoms with Crippen LogP contribution in [-0.2, 0) is 0 Å². The molecule has 0 atom stereocenters. The second-order valence-electron chi connectivity index (χ2n) is 7.88. The van der Waals surface area contributed by atoms with Gasteiger partial charge in [0, 0.05) is 0 Å². The molecule has 2 bridgehead atoms. The predicted octanol–water partition coefficient (Wildman–Crippen LogP) is 1.90. The first-order valence-electron chi connectivity index (χ1n) is 7.64. The minimum absolute atomic E-state index is 0.423. The van der Waals surface area contributed by atoms with E-state index in [0.29, 0.717) is 58.0 Å². The molecule has 116 valence electrons. The van der Waals surface area contributed by atoms with Crippen molar-refractivity contribution in [2.45, 2.75) is 45.8 Å². The van der Waals surface area contributed by atoms with Gasteiger partial charge in [0.15, 0.2) is 0 Å². The molecule has 1 aromatic rings. The molecule has 3 aliphatic rings. The summed E-state index contributed by atoms with van der Waals surface area (Å²) in [5.74, 6) is 0. The second-order valence-corrected chi connectivity index (χ2v) is 138. The summed E-state index contributed by atoms with van der Waals surface area (Å²) in [6.07, 6.45) is 0. The Kier molecular flexibility index (Phi) is 4.91. The normalized spacial score (nSPS) is 39.2. The summed E-state index contributed by atoms with van der Waals surface area (Å²) in [7, 11) is 0. The zero-order chi connectivity index (χ0) is 15.7. The quantitative estimate of drug-likeness (QED) is 0.393. The van der Waals surface area contributed by atoms with Gasteiger partial charge in [-0.05, 0) is 0 Å². The number of hydrogen-bond donors (Lipinski definition) is 0. The van der Waals surface area contributed by atoms with Gasteiger partial charge in [-0.2, -0.15) is 0 Å². The molecule has 3 saturated heterocycles. The van der Waals surface area contributed by atoms with Gasteiger partial charge in [0.25, 0.3) is 0 Å². The Morgan fingerprint density at radius 2 is 1.00 bits per heavy atom. The van der Waals surface area contributed by atoms with Crippen LogP contribution < -0.4 is 5.19 Å². The van der Waals surface area contributed by atoms with E-state index < -0.39 is 22.8 Å². The third-order valence-electron chi connectivity index (χ3n) is 5.91. The third kappa shape index (κ3) is 2.55. The van der Waals surface area contributed by atoms with Crippen molar-refractivity contribution in [2.24, 2.45) is 0 Å². The fourth-order valence-electron chi connectivity index (χ4n) is 4.37. The fraction of sp³-hybridized carbons (Fsp3) is 0.538. The molecule has 21 heavy (non-hydrogen) atoms. The first-order valence-corrected chi connectivity index (χ1v) is 44.6. The molecule has 0 saturated carbocycles. The van der Waals surface area contributed by atoms with Gasteiger partial charge in [-0.25, -0.2) is 0 Å². The van der Waals surface area contributed by atoms with Gasteiger partial charge in [-0.15, -0.1) is 0 Å². The zero-order valence-electron chi connectivity index (χ0n) is 14.1. The van der Waals surface area contributed by atoms with Crippen LogP contribution in [0.15, 0.2) is 30.3 Å². The summed E-state index contributed by atoms with van der Waals surface area (Å²) in [4.78, 5) is 0. The van der Waals surface area contributed by atoms with E-state index in [9.17, 15) is 0 Å². The van der Waals surface area contributed by atoms with E-state index in [1.807, 2.05) is 5.19 Å². The standard InChI is InChI=1S/C13H26Si5Te3/c1-14(2)17(7)15(3,4)20-18(19-14,21-16(17,5)6)13-11-9-8-10-12-13/h8-12H,1-7H3. The van der Waals surface area contributed by atoms with Crippen LogP contribution in [0.4, 0.5) is 0 Å². The van der Waals surface area contributed by atoms with Gasteiger partial charge >= 0.3 is 162 Å². The van der Waals surface area contributed by atoms with Gasteiger partial charge in [0.2, 0.25) is 0 Å². The first kappa shape index (κ1) is 18.5. The Hall–Kier alpha value is 2.67. The molecule has 4 rings (SSSR count). The van der Waals surface area contributed by atoms with E-state index in [1.54, 1.807) is 0 Å². The fourth-order valence-corrected chi connectivity index (χ4v) is 816. The molecular formula is C13H26Si5Te3. The summed E-state index contributed by atoms with van der Waals surface area (Å²) in [5, 5.41) is -0.395. The molecule has 0 nitrogen and oxygen atoms in total. The predicted molar refractivity (Wildman–Crippen MR) is 113 cm³/mol. The number of rotatable bonds is 1. The van der Waals surface area contributed by atoms with Crippen molar-refractivity contribution in [2.75, 3.05) is 0 Å². The Balaban J connectivity index is 2.23. The van der Waals surface area contributed by atoms with Crippen LogP contribution in [0.25, 0.3) is 0 Å². The Morgan fingerprint density at radius 1 is 0.619 bits per heavy atom. The van der Waals surface area contributed by atoms with Gasteiger partial charge in [0.1, 0.15) is 0 Å². The Bertz CT molecular complexity index is 524. The summed E-state index contributed by atoms with van der Waals surface area (Å²) in [6, 6.07) is 12.2. The SMILES string of the molecule is C[Si]1(C)[Te][Si]2(c3ccccc3)[Te][Si](C)(C)[Si]1(C)[Si](C)(C)[Te]2. The molecule has 3 heterocycles. The van der Waals surface area contributed by atoms with E-state index in [1.165, 1.54) is 0 Å². The molecule has 0 radical (unpaired) electrons. The van der Waals surface area contributed by atoms with Crippen LogP contribution in [0, 0.1) is 0 Å². The summed E-state index contributed by atoms with van der Waals surface area (Å²) < 4.78 is -0.810. The monoisotopic (exact) mass is 712 g/mol. The number of hydrogen-bond acceptors (Lipinski definition) is 0. The van der Waals surface area contributed by atoms with E-state index >= 15 is 0 Å². The minimum atomic E-state index is -0.810. The summed E-state index contributed by atoms with van der Waals surface area (Å²) in [6.45, 7) is 19.8. The Labute approximate surface area is 159 Å². The summed E-state index contributed by atoms with van der Waals surface area (Å²) in [5.41, 5.74) is 0. The first-order chi connectivity index (χ1) is 9.48. The van der Waals surface area contributed by atoms with Crippen molar-refractivity contribution in [1.29, 1.82) is 0 Å². The molecule has 8 heteroatoms. The van der Waals surface area contributed by atoms with E-state index in [2.05, 4.69) is 76.2 Å². The second kappa shape index (κ2) is 5.58. The Morgan fingerprint density at radius 3 is 1.38 bits per heavy atom. The maximum atomic E-state index is 3.01. The van der Waals surface area contributed by atoms with Crippen molar-refractivity contribution in [3.05, 3.63) is 30.3 Å².